The van der Waals surface area contributed by atoms with Crippen molar-refractivity contribution in [3.63, 3.8) is 0 Å². The van der Waals surface area contributed by atoms with Crippen LogP contribution in [0.25, 0.3) is 0 Å². The van der Waals surface area contributed by atoms with E-state index in [4.69, 9.17) is 16.0 Å². The van der Waals surface area contributed by atoms with E-state index < -0.39 is 10.0 Å². The van der Waals surface area contributed by atoms with Crippen LogP contribution in [-0.2, 0) is 10.0 Å². The van der Waals surface area contributed by atoms with E-state index in [0.29, 0.717) is 26.2 Å². The molecule has 0 atom stereocenters. The predicted octanol–water partition coefficient (Wildman–Crippen LogP) is 0.650. The average molecular weight is 293 g/mol. The highest BCUT2D eigenvalue weighted by Crippen LogP contribution is 2.16. The summed E-state index contributed by atoms with van der Waals surface area (Å²) in [5, 5.41) is 0.160. The molecule has 0 radical (unpaired) electrons. The summed E-state index contributed by atoms with van der Waals surface area (Å²) in [7, 11) is -3.18. The molecule has 0 unspecified atom stereocenters. The lowest BCUT2D eigenvalue weighted by Crippen LogP contribution is -2.50. The first-order valence-corrected chi connectivity index (χ1v) is 7.60. The molecule has 0 aromatic carbocycles. The van der Waals surface area contributed by atoms with Crippen LogP contribution >= 0.6 is 11.6 Å². The van der Waals surface area contributed by atoms with Gasteiger partial charge in [0.05, 0.1) is 6.26 Å². The van der Waals surface area contributed by atoms with Crippen molar-refractivity contribution in [1.29, 1.82) is 0 Å². The van der Waals surface area contributed by atoms with Gasteiger partial charge in [-0.05, 0) is 23.7 Å². The van der Waals surface area contributed by atoms with E-state index in [0.717, 1.165) is 6.26 Å². The molecule has 1 amide bonds. The van der Waals surface area contributed by atoms with Gasteiger partial charge in [0.2, 0.25) is 10.0 Å². The molecule has 1 aliphatic rings. The Hall–Kier alpha value is -1.05. The van der Waals surface area contributed by atoms with Crippen LogP contribution in [0, 0.1) is 0 Å². The summed E-state index contributed by atoms with van der Waals surface area (Å²) in [5.74, 6) is -0.0946. The molecule has 0 aliphatic carbocycles. The third-order valence-corrected chi connectivity index (χ3v) is 4.29. The van der Waals surface area contributed by atoms with Crippen LogP contribution in [0.15, 0.2) is 16.5 Å². The largest absolute Gasteiger partial charge is 0.440 e. The fourth-order valence-corrected chi connectivity index (χ4v) is 2.78. The van der Waals surface area contributed by atoms with Gasteiger partial charge in [-0.2, -0.15) is 4.31 Å². The molecule has 18 heavy (non-hydrogen) atoms. The second-order valence-corrected chi connectivity index (χ2v) is 6.41. The van der Waals surface area contributed by atoms with Gasteiger partial charge >= 0.3 is 0 Å². The maximum atomic E-state index is 12.0. The lowest BCUT2D eigenvalue weighted by molar-refractivity contribution is 0.0666. The van der Waals surface area contributed by atoms with E-state index >= 15 is 0 Å². The van der Waals surface area contributed by atoms with E-state index in [9.17, 15) is 13.2 Å². The maximum absolute atomic E-state index is 12.0. The number of rotatable bonds is 2. The summed E-state index contributed by atoms with van der Waals surface area (Å²) in [6, 6.07) is 3.01. The Labute approximate surface area is 110 Å². The van der Waals surface area contributed by atoms with Crippen molar-refractivity contribution in [2.24, 2.45) is 0 Å². The highest BCUT2D eigenvalue weighted by atomic mass is 35.5. The minimum absolute atomic E-state index is 0.160. The minimum atomic E-state index is -3.18. The molecule has 0 spiro atoms. The van der Waals surface area contributed by atoms with E-state index in [1.165, 1.54) is 16.4 Å². The zero-order valence-corrected chi connectivity index (χ0v) is 11.4. The minimum Gasteiger partial charge on any atom is -0.440 e. The van der Waals surface area contributed by atoms with Crippen LogP contribution in [0.5, 0.6) is 0 Å². The molecule has 1 aliphatic heterocycles. The van der Waals surface area contributed by atoms with Crippen LogP contribution in [0.4, 0.5) is 0 Å². The molecule has 100 valence electrons. The maximum Gasteiger partial charge on any atom is 0.289 e. The second-order valence-electron chi connectivity index (χ2n) is 4.06. The van der Waals surface area contributed by atoms with Crippen molar-refractivity contribution in [2.45, 2.75) is 0 Å². The topological polar surface area (TPSA) is 70.8 Å². The Morgan fingerprint density at radius 3 is 2.33 bits per heavy atom. The van der Waals surface area contributed by atoms with Crippen LogP contribution < -0.4 is 0 Å². The standard InChI is InChI=1S/C10H13ClN2O4S/c1-18(15,16)13-6-4-12(5-7-13)10(14)8-2-3-9(11)17-8/h2-3H,4-7H2,1H3. The van der Waals surface area contributed by atoms with Crippen molar-refractivity contribution < 1.29 is 17.6 Å². The summed E-state index contributed by atoms with van der Waals surface area (Å²) in [6.07, 6.45) is 1.16. The lowest BCUT2D eigenvalue weighted by Gasteiger charge is -2.32. The fourth-order valence-electron chi connectivity index (χ4n) is 1.81. The SMILES string of the molecule is CS(=O)(=O)N1CCN(C(=O)c2ccc(Cl)o2)CC1. The molecule has 2 heterocycles. The fraction of sp³-hybridized carbons (Fsp3) is 0.500. The van der Waals surface area contributed by atoms with Crippen molar-refractivity contribution in [3.05, 3.63) is 23.1 Å². The molecule has 1 aromatic rings. The van der Waals surface area contributed by atoms with Crippen LogP contribution in [0.2, 0.25) is 5.22 Å². The summed E-state index contributed by atoms with van der Waals surface area (Å²) in [4.78, 5) is 13.5. The normalized spacial score (nSPS) is 18.0. The number of hydrogen-bond donors (Lipinski definition) is 0. The third-order valence-electron chi connectivity index (χ3n) is 2.78. The van der Waals surface area contributed by atoms with Gasteiger partial charge in [-0.25, -0.2) is 8.42 Å². The zero-order chi connectivity index (χ0) is 13.3. The van der Waals surface area contributed by atoms with Crippen LogP contribution in [-0.4, -0.2) is 56.0 Å². The number of nitrogens with zero attached hydrogens (tertiary/aromatic N) is 2. The average Bonchev–Trinajstić information content (AvgIpc) is 2.74. The molecular weight excluding hydrogens is 280 g/mol. The summed E-state index contributed by atoms with van der Waals surface area (Å²) in [5.41, 5.74) is 0. The van der Waals surface area contributed by atoms with Gasteiger partial charge < -0.3 is 9.32 Å². The number of amides is 1. The van der Waals surface area contributed by atoms with E-state index in [1.807, 2.05) is 0 Å². The van der Waals surface area contributed by atoms with Crippen LogP contribution in [0.1, 0.15) is 10.6 Å². The molecule has 0 saturated carbocycles. The highest BCUT2D eigenvalue weighted by Gasteiger charge is 2.27. The summed E-state index contributed by atoms with van der Waals surface area (Å²) >= 11 is 5.60. The first-order chi connectivity index (χ1) is 8.38. The second kappa shape index (κ2) is 4.91. The van der Waals surface area contributed by atoms with Gasteiger partial charge in [0.1, 0.15) is 0 Å². The van der Waals surface area contributed by atoms with Gasteiger partial charge in [-0.1, -0.05) is 0 Å². The van der Waals surface area contributed by atoms with Crippen LogP contribution in [0.3, 0.4) is 0 Å². The van der Waals surface area contributed by atoms with Gasteiger partial charge in [-0.3, -0.25) is 4.79 Å². The van der Waals surface area contributed by atoms with E-state index in [1.54, 1.807) is 4.90 Å². The first kappa shape index (κ1) is 13.4. The Bertz CT molecular complexity index is 546. The van der Waals surface area contributed by atoms with Crippen molar-refractivity contribution >= 4 is 27.5 Å². The number of carbonyl (C=O) groups excluding carboxylic acids is 1. The number of carbonyl (C=O) groups is 1. The highest BCUT2D eigenvalue weighted by molar-refractivity contribution is 7.88. The number of sulfonamides is 1. The molecule has 8 heteroatoms. The first-order valence-electron chi connectivity index (χ1n) is 5.37. The summed E-state index contributed by atoms with van der Waals surface area (Å²) in [6.45, 7) is 1.31. The smallest absolute Gasteiger partial charge is 0.289 e. The van der Waals surface area contributed by atoms with E-state index in [2.05, 4.69) is 0 Å². The van der Waals surface area contributed by atoms with Gasteiger partial charge in [0, 0.05) is 26.2 Å². The Morgan fingerprint density at radius 1 is 1.28 bits per heavy atom. The van der Waals surface area contributed by atoms with Gasteiger partial charge in [0.15, 0.2) is 11.0 Å². The van der Waals surface area contributed by atoms with Gasteiger partial charge in [-0.15, -0.1) is 0 Å². The Kier molecular flexibility index (Phi) is 3.65. The van der Waals surface area contributed by atoms with Gasteiger partial charge in [0.25, 0.3) is 5.91 Å². The molecule has 1 aromatic heterocycles. The number of piperazine rings is 1. The molecular formula is C10H13ClN2O4S. The molecule has 1 saturated heterocycles. The number of hydrogen-bond acceptors (Lipinski definition) is 4. The van der Waals surface area contributed by atoms with Crippen molar-refractivity contribution in [1.82, 2.24) is 9.21 Å². The Balaban J connectivity index is 2.00. The monoisotopic (exact) mass is 292 g/mol. The predicted molar refractivity (Wildman–Crippen MR) is 66.0 cm³/mol. The zero-order valence-electron chi connectivity index (χ0n) is 9.80. The number of furan rings is 1. The van der Waals surface area contributed by atoms with E-state index in [-0.39, 0.29) is 16.9 Å². The summed E-state index contributed by atoms with van der Waals surface area (Å²) < 4.78 is 29.0. The number of halogens is 1. The molecule has 6 nitrogen and oxygen atoms in total. The molecule has 0 bridgehead atoms. The van der Waals surface area contributed by atoms with Crippen molar-refractivity contribution in [3.8, 4) is 0 Å². The lowest BCUT2D eigenvalue weighted by atomic mass is 10.3. The quantitative estimate of drug-likeness (QED) is 0.802. The molecule has 1 fully saturated rings. The molecule has 2 rings (SSSR count). The molecule has 0 N–H and O–H groups in total. The van der Waals surface area contributed by atoms with Crippen molar-refractivity contribution in [2.75, 3.05) is 32.4 Å². The Morgan fingerprint density at radius 2 is 1.89 bits per heavy atom. The third kappa shape index (κ3) is 2.85.